The van der Waals surface area contributed by atoms with Crippen molar-refractivity contribution in [2.24, 2.45) is 5.73 Å². The van der Waals surface area contributed by atoms with Gasteiger partial charge in [0.2, 0.25) is 5.82 Å². The molecule has 0 unspecified atom stereocenters. The van der Waals surface area contributed by atoms with Gasteiger partial charge in [0.05, 0.1) is 6.20 Å². The second kappa shape index (κ2) is 4.52. The Kier molecular flexibility index (Phi) is 3.35. The first-order valence-corrected chi connectivity index (χ1v) is 3.99. The van der Waals surface area contributed by atoms with Crippen LogP contribution in [-0.4, -0.2) is 16.1 Å². The summed E-state index contributed by atoms with van der Waals surface area (Å²) in [6, 6.07) is 0. The largest absolute Gasteiger partial charge is 0.328 e. The molecule has 3 N–H and O–H groups in total. The smallest absolute Gasteiger partial charge is 0.327 e. The number of halogens is 1. The van der Waals surface area contributed by atoms with Crippen LogP contribution in [0.3, 0.4) is 0 Å². The van der Waals surface area contributed by atoms with E-state index in [9.17, 15) is 14.0 Å². The lowest BCUT2D eigenvalue weighted by atomic mass is 10.4. The van der Waals surface area contributed by atoms with E-state index < -0.39 is 17.1 Å². The van der Waals surface area contributed by atoms with Crippen LogP contribution in [0.15, 0.2) is 27.9 Å². The highest BCUT2D eigenvalue weighted by molar-refractivity contribution is 4.90. The normalized spacial score (nSPS) is 11.0. The molecule has 0 saturated heterocycles. The highest BCUT2D eigenvalue weighted by Gasteiger charge is 2.01. The van der Waals surface area contributed by atoms with E-state index in [1.807, 2.05) is 4.98 Å². The molecule has 0 aliphatic rings. The van der Waals surface area contributed by atoms with Gasteiger partial charge in [0.25, 0.3) is 5.56 Å². The third-order valence-corrected chi connectivity index (χ3v) is 1.57. The number of hydrogen-bond donors (Lipinski definition) is 2. The van der Waals surface area contributed by atoms with Gasteiger partial charge < -0.3 is 5.73 Å². The van der Waals surface area contributed by atoms with Crippen molar-refractivity contribution in [3.05, 3.63) is 45.0 Å². The molecule has 14 heavy (non-hydrogen) atoms. The average Bonchev–Trinajstić information content (AvgIpc) is 2.14. The van der Waals surface area contributed by atoms with E-state index in [-0.39, 0.29) is 6.54 Å². The van der Waals surface area contributed by atoms with E-state index in [0.29, 0.717) is 6.54 Å². The number of aromatic amines is 1. The molecule has 5 nitrogen and oxygen atoms in total. The molecule has 0 fully saturated rings. The van der Waals surface area contributed by atoms with Crippen molar-refractivity contribution in [1.82, 2.24) is 9.55 Å². The van der Waals surface area contributed by atoms with Crippen LogP contribution in [-0.2, 0) is 6.54 Å². The number of nitrogens with one attached hydrogen (secondary N) is 1. The molecule has 0 bridgehead atoms. The van der Waals surface area contributed by atoms with Crippen molar-refractivity contribution in [1.29, 1.82) is 0 Å². The van der Waals surface area contributed by atoms with Crippen LogP contribution in [0.5, 0.6) is 0 Å². The van der Waals surface area contributed by atoms with Gasteiger partial charge in [-0.1, -0.05) is 12.2 Å². The predicted octanol–water partition coefficient (Wildman–Crippen LogP) is -0.809. The fraction of sp³-hybridized carbons (Fsp3) is 0.250. The van der Waals surface area contributed by atoms with Gasteiger partial charge in [0.1, 0.15) is 0 Å². The summed E-state index contributed by atoms with van der Waals surface area (Å²) in [5, 5.41) is 0. The van der Waals surface area contributed by atoms with Gasteiger partial charge in [-0.25, -0.2) is 4.79 Å². The third-order valence-electron chi connectivity index (χ3n) is 1.57. The zero-order valence-electron chi connectivity index (χ0n) is 7.37. The molecule has 0 spiro atoms. The van der Waals surface area contributed by atoms with Gasteiger partial charge in [0.15, 0.2) is 0 Å². The maximum atomic E-state index is 12.7. The molecular weight excluding hydrogens is 189 g/mol. The molecule has 0 atom stereocenters. The first-order valence-electron chi connectivity index (χ1n) is 3.99. The summed E-state index contributed by atoms with van der Waals surface area (Å²) in [6.07, 6.45) is 4.11. The Balaban J connectivity index is 2.99. The Morgan fingerprint density at radius 2 is 2.21 bits per heavy atom. The lowest BCUT2D eigenvalue weighted by molar-refractivity contribution is 0.568. The minimum absolute atomic E-state index is 0.184. The highest BCUT2D eigenvalue weighted by atomic mass is 19.1. The van der Waals surface area contributed by atoms with Gasteiger partial charge in [-0.15, -0.1) is 0 Å². The van der Waals surface area contributed by atoms with E-state index in [2.05, 4.69) is 0 Å². The molecule has 1 aromatic heterocycles. The lowest BCUT2D eigenvalue weighted by Crippen LogP contribution is -2.31. The quantitative estimate of drug-likeness (QED) is 0.625. The standard InChI is InChI=1S/C8H10FN3O2/c9-6-5-12(4-2-1-3-10)8(14)11-7(6)13/h1-2,5H,3-4,10H2,(H,11,13,14)/b2-1+. The Hall–Kier alpha value is -1.69. The van der Waals surface area contributed by atoms with Crippen LogP contribution in [0, 0.1) is 5.82 Å². The molecular formula is C8H10FN3O2. The zero-order chi connectivity index (χ0) is 10.6. The van der Waals surface area contributed by atoms with E-state index >= 15 is 0 Å². The van der Waals surface area contributed by atoms with E-state index in [1.165, 1.54) is 0 Å². The van der Waals surface area contributed by atoms with Crippen LogP contribution in [0.2, 0.25) is 0 Å². The highest BCUT2D eigenvalue weighted by Crippen LogP contribution is 1.85. The van der Waals surface area contributed by atoms with Crippen molar-refractivity contribution in [3.63, 3.8) is 0 Å². The maximum absolute atomic E-state index is 12.7. The summed E-state index contributed by atoms with van der Waals surface area (Å²) in [6.45, 7) is 0.532. The fourth-order valence-corrected chi connectivity index (χ4v) is 0.903. The summed E-state index contributed by atoms with van der Waals surface area (Å²) in [7, 11) is 0. The summed E-state index contributed by atoms with van der Waals surface area (Å²) >= 11 is 0. The number of aromatic nitrogens is 2. The first-order chi connectivity index (χ1) is 6.65. The number of nitrogens with two attached hydrogens (primary N) is 1. The summed E-state index contributed by atoms with van der Waals surface area (Å²) in [5.41, 5.74) is 3.53. The molecule has 0 aliphatic carbocycles. The van der Waals surface area contributed by atoms with E-state index in [0.717, 1.165) is 10.8 Å². The van der Waals surface area contributed by atoms with Crippen molar-refractivity contribution in [2.45, 2.75) is 6.54 Å². The monoisotopic (exact) mass is 199 g/mol. The minimum atomic E-state index is -1.01. The lowest BCUT2D eigenvalue weighted by Gasteiger charge is -1.99. The van der Waals surface area contributed by atoms with Crippen molar-refractivity contribution >= 4 is 0 Å². The van der Waals surface area contributed by atoms with Gasteiger partial charge in [-0.3, -0.25) is 14.3 Å². The van der Waals surface area contributed by atoms with Crippen LogP contribution < -0.4 is 17.0 Å². The van der Waals surface area contributed by atoms with Gasteiger partial charge >= 0.3 is 5.69 Å². The number of H-pyrrole nitrogens is 1. The Morgan fingerprint density at radius 3 is 2.86 bits per heavy atom. The second-order valence-electron chi connectivity index (χ2n) is 2.60. The zero-order valence-corrected chi connectivity index (χ0v) is 7.37. The number of rotatable bonds is 3. The fourth-order valence-electron chi connectivity index (χ4n) is 0.903. The molecule has 0 aliphatic heterocycles. The molecule has 6 heteroatoms. The third kappa shape index (κ3) is 2.40. The average molecular weight is 199 g/mol. The Labute approximate surface area is 78.7 Å². The molecule has 0 amide bonds. The Bertz CT molecular complexity index is 447. The van der Waals surface area contributed by atoms with Crippen LogP contribution in [0.4, 0.5) is 4.39 Å². The maximum Gasteiger partial charge on any atom is 0.328 e. The van der Waals surface area contributed by atoms with Gasteiger partial charge in [0, 0.05) is 13.1 Å². The van der Waals surface area contributed by atoms with Crippen LogP contribution in [0.1, 0.15) is 0 Å². The summed E-state index contributed by atoms with van der Waals surface area (Å²) in [5.74, 6) is -0.981. The van der Waals surface area contributed by atoms with Crippen LogP contribution in [0.25, 0.3) is 0 Å². The van der Waals surface area contributed by atoms with E-state index in [1.54, 1.807) is 12.2 Å². The predicted molar refractivity (Wildman–Crippen MR) is 49.5 cm³/mol. The molecule has 1 rings (SSSR count). The van der Waals surface area contributed by atoms with Crippen molar-refractivity contribution in [2.75, 3.05) is 6.54 Å². The minimum Gasteiger partial charge on any atom is -0.327 e. The molecule has 76 valence electrons. The van der Waals surface area contributed by atoms with Crippen molar-refractivity contribution in [3.8, 4) is 0 Å². The van der Waals surface area contributed by atoms with E-state index in [4.69, 9.17) is 5.73 Å². The number of hydrogen-bond acceptors (Lipinski definition) is 3. The number of nitrogens with zero attached hydrogens (tertiary/aromatic N) is 1. The molecule has 1 heterocycles. The topological polar surface area (TPSA) is 80.9 Å². The van der Waals surface area contributed by atoms with Crippen molar-refractivity contribution < 1.29 is 4.39 Å². The second-order valence-corrected chi connectivity index (χ2v) is 2.60. The summed E-state index contributed by atoms with van der Waals surface area (Å²) < 4.78 is 13.8. The number of allylic oxidation sites excluding steroid dienone is 1. The molecule has 1 aromatic rings. The SMILES string of the molecule is NC/C=C/Cn1cc(F)c(=O)[nH]c1=O. The molecule has 0 aromatic carbocycles. The first kappa shape index (κ1) is 10.4. The summed E-state index contributed by atoms with van der Waals surface area (Å²) in [4.78, 5) is 23.5. The van der Waals surface area contributed by atoms with Gasteiger partial charge in [-0.2, -0.15) is 4.39 Å². The van der Waals surface area contributed by atoms with Gasteiger partial charge in [-0.05, 0) is 0 Å². The molecule has 0 radical (unpaired) electrons. The Morgan fingerprint density at radius 1 is 1.50 bits per heavy atom. The van der Waals surface area contributed by atoms with Crippen LogP contribution >= 0.6 is 0 Å². The molecule has 0 saturated carbocycles.